The van der Waals surface area contributed by atoms with Crippen molar-refractivity contribution in [3.8, 4) is 17.1 Å². The number of carbonyl (C=O) groups is 2. The number of methoxy groups -OCH3 is 1. The van der Waals surface area contributed by atoms with Gasteiger partial charge in [-0.1, -0.05) is 25.1 Å². The molecular formula is C22H25N5O3S. The number of amides is 2. The Kier molecular flexibility index (Phi) is 7.55. The monoisotopic (exact) mass is 439 g/mol. The Morgan fingerprint density at radius 1 is 1.13 bits per heavy atom. The van der Waals surface area contributed by atoms with Crippen LogP contribution in [-0.2, 0) is 22.6 Å². The average Bonchev–Trinajstić information content (AvgIpc) is 3.17. The first-order valence-electron chi connectivity index (χ1n) is 9.96. The van der Waals surface area contributed by atoms with Crippen molar-refractivity contribution >= 4 is 29.7 Å². The second-order valence-corrected chi connectivity index (χ2v) is 7.20. The van der Waals surface area contributed by atoms with Crippen LogP contribution in [-0.4, -0.2) is 40.2 Å². The molecule has 1 aromatic heterocycles. The van der Waals surface area contributed by atoms with Gasteiger partial charge in [0.2, 0.25) is 11.8 Å². The van der Waals surface area contributed by atoms with Crippen molar-refractivity contribution in [2.75, 3.05) is 19.0 Å². The van der Waals surface area contributed by atoms with Crippen LogP contribution >= 0.6 is 12.2 Å². The van der Waals surface area contributed by atoms with E-state index in [1.54, 1.807) is 11.7 Å². The Balaban J connectivity index is 1.54. The molecule has 0 atom stereocenters. The number of hydrogen-bond donors (Lipinski definition) is 3. The van der Waals surface area contributed by atoms with Gasteiger partial charge in [0.05, 0.1) is 13.7 Å². The molecule has 0 unspecified atom stereocenters. The van der Waals surface area contributed by atoms with Crippen molar-refractivity contribution in [2.45, 2.75) is 26.3 Å². The summed E-state index contributed by atoms with van der Waals surface area (Å²) in [5.74, 6) is 0.855. The number of aromatic amines is 1. The molecule has 0 fully saturated rings. The lowest BCUT2D eigenvalue weighted by Crippen LogP contribution is -2.33. The Morgan fingerprint density at radius 3 is 2.58 bits per heavy atom. The molecule has 0 aliphatic heterocycles. The van der Waals surface area contributed by atoms with E-state index in [2.05, 4.69) is 20.8 Å². The molecule has 2 amide bonds. The predicted molar refractivity (Wildman–Crippen MR) is 121 cm³/mol. The number of para-hydroxylation sites is 1. The van der Waals surface area contributed by atoms with Crippen LogP contribution in [0.3, 0.4) is 0 Å². The number of ether oxygens (including phenoxy) is 1. The number of aromatic nitrogens is 3. The number of H-pyrrole nitrogens is 1. The van der Waals surface area contributed by atoms with E-state index in [1.165, 1.54) is 0 Å². The third-order valence-electron chi connectivity index (χ3n) is 4.79. The van der Waals surface area contributed by atoms with E-state index < -0.39 is 0 Å². The smallest absolute Gasteiger partial charge is 0.243 e. The molecule has 0 spiro atoms. The summed E-state index contributed by atoms with van der Waals surface area (Å²) in [6, 6.07) is 15.0. The predicted octanol–water partition coefficient (Wildman–Crippen LogP) is 3.32. The molecule has 9 heteroatoms. The van der Waals surface area contributed by atoms with Gasteiger partial charge in [-0.2, -0.15) is 5.10 Å². The van der Waals surface area contributed by atoms with Gasteiger partial charge in [0, 0.05) is 24.2 Å². The number of carbonyl (C=O) groups excluding carboxylic acids is 2. The summed E-state index contributed by atoms with van der Waals surface area (Å²) in [5.41, 5.74) is 2.66. The molecule has 3 N–H and O–H groups in total. The summed E-state index contributed by atoms with van der Waals surface area (Å²) in [4.78, 5) is 24.5. The Bertz CT molecular complexity index is 1100. The zero-order chi connectivity index (χ0) is 22.2. The maximum atomic E-state index is 12.3. The van der Waals surface area contributed by atoms with E-state index in [-0.39, 0.29) is 24.8 Å². The number of aryl methyl sites for hydroxylation is 1. The van der Waals surface area contributed by atoms with Crippen molar-refractivity contribution < 1.29 is 14.3 Å². The summed E-state index contributed by atoms with van der Waals surface area (Å²) < 4.78 is 7.36. The van der Waals surface area contributed by atoms with Crippen LogP contribution in [0.1, 0.15) is 18.9 Å². The molecule has 3 aromatic rings. The Hall–Kier alpha value is -3.46. The van der Waals surface area contributed by atoms with E-state index in [4.69, 9.17) is 17.0 Å². The largest absolute Gasteiger partial charge is 0.497 e. The fourth-order valence-electron chi connectivity index (χ4n) is 3.11. The molecule has 0 aliphatic carbocycles. The van der Waals surface area contributed by atoms with Crippen LogP contribution in [0, 0.1) is 4.77 Å². The minimum absolute atomic E-state index is 0.0982. The first kappa shape index (κ1) is 22.2. The zero-order valence-electron chi connectivity index (χ0n) is 17.5. The van der Waals surface area contributed by atoms with Gasteiger partial charge in [-0.25, -0.2) is 0 Å². The minimum Gasteiger partial charge on any atom is -0.497 e. The van der Waals surface area contributed by atoms with Gasteiger partial charge in [0.1, 0.15) is 5.75 Å². The molecule has 162 valence electrons. The van der Waals surface area contributed by atoms with Crippen LogP contribution in [0.15, 0.2) is 48.5 Å². The van der Waals surface area contributed by atoms with Crippen LogP contribution in [0.2, 0.25) is 0 Å². The second-order valence-electron chi connectivity index (χ2n) is 6.82. The topological polar surface area (TPSA) is 101 Å². The van der Waals surface area contributed by atoms with Gasteiger partial charge < -0.3 is 15.4 Å². The van der Waals surface area contributed by atoms with E-state index in [0.29, 0.717) is 17.1 Å². The first-order valence-corrected chi connectivity index (χ1v) is 10.4. The minimum atomic E-state index is -0.270. The molecule has 0 bridgehead atoms. The highest BCUT2D eigenvalue weighted by atomic mass is 32.1. The van der Waals surface area contributed by atoms with E-state index >= 15 is 0 Å². The molecular weight excluding hydrogens is 414 g/mol. The van der Waals surface area contributed by atoms with Gasteiger partial charge in [-0.3, -0.25) is 19.3 Å². The third-order valence-corrected chi connectivity index (χ3v) is 5.10. The van der Waals surface area contributed by atoms with Crippen molar-refractivity contribution in [1.82, 2.24) is 20.1 Å². The number of anilines is 1. The van der Waals surface area contributed by atoms with Crippen LogP contribution in [0.5, 0.6) is 5.75 Å². The van der Waals surface area contributed by atoms with Crippen LogP contribution < -0.4 is 15.4 Å². The molecule has 3 rings (SSSR count). The van der Waals surface area contributed by atoms with E-state index in [1.807, 2.05) is 55.5 Å². The standard InChI is InChI=1S/C22H25N5O3S/c1-3-15-6-4-5-7-18(15)24-20(29)14-23-19(28)12-13-27-21(25-26-22(27)31)16-8-10-17(30-2)11-9-16/h4-11H,3,12-14H2,1-2H3,(H,23,28)(H,24,29)(H,26,31). The van der Waals surface area contributed by atoms with Crippen LogP contribution in [0.4, 0.5) is 5.69 Å². The summed E-state index contributed by atoms with van der Waals surface area (Å²) in [5, 5.41) is 12.5. The summed E-state index contributed by atoms with van der Waals surface area (Å²) in [7, 11) is 1.60. The summed E-state index contributed by atoms with van der Waals surface area (Å²) >= 11 is 5.30. The molecule has 0 radical (unpaired) electrons. The number of nitrogens with one attached hydrogen (secondary N) is 3. The molecule has 0 saturated carbocycles. The van der Waals surface area contributed by atoms with Gasteiger partial charge in [0.25, 0.3) is 0 Å². The SMILES string of the molecule is CCc1ccccc1NC(=O)CNC(=O)CCn1c(-c2ccc(OC)cc2)n[nH]c1=S. The molecule has 1 heterocycles. The molecule has 8 nitrogen and oxygen atoms in total. The lowest BCUT2D eigenvalue weighted by atomic mass is 10.1. The lowest BCUT2D eigenvalue weighted by molar-refractivity contribution is -0.124. The highest BCUT2D eigenvalue weighted by molar-refractivity contribution is 7.71. The fourth-order valence-corrected chi connectivity index (χ4v) is 3.33. The maximum absolute atomic E-state index is 12.3. The molecule has 2 aromatic carbocycles. The number of hydrogen-bond acceptors (Lipinski definition) is 5. The van der Waals surface area contributed by atoms with Gasteiger partial charge in [0.15, 0.2) is 10.6 Å². The molecule has 0 saturated heterocycles. The Morgan fingerprint density at radius 2 is 1.87 bits per heavy atom. The Labute approximate surface area is 185 Å². The van der Waals surface area contributed by atoms with Crippen molar-refractivity contribution in [3.63, 3.8) is 0 Å². The van der Waals surface area contributed by atoms with Crippen LogP contribution in [0.25, 0.3) is 11.4 Å². The summed E-state index contributed by atoms with van der Waals surface area (Å²) in [6.07, 6.45) is 0.973. The van der Waals surface area contributed by atoms with Gasteiger partial charge in [-0.05, 0) is 54.5 Å². The van der Waals surface area contributed by atoms with Crippen molar-refractivity contribution in [1.29, 1.82) is 0 Å². The molecule has 0 aliphatic rings. The second kappa shape index (κ2) is 10.5. The third kappa shape index (κ3) is 5.79. The number of rotatable bonds is 9. The highest BCUT2D eigenvalue weighted by Crippen LogP contribution is 2.21. The van der Waals surface area contributed by atoms with Gasteiger partial charge in [-0.15, -0.1) is 0 Å². The maximum Gasteiger partial charge on any atom is 0.243 e. The quantitative estimate of drug-likeness (QED) is 0.444. The van der Waals surface area contributed by atoms with E-state index in [9.17, 15) is 9.59 Å². The summed E-state index contributed by atoms with van der Waals surface area (Å²) in [6.45, 7) is 2.26. The van der Waals surface area contributed by atoms with E-state index in [0.717, 1.165) is 29.0 Å². The highest BCUT2D eigenvalue weighted by Gasteiger charge is 2.12. The lowest BCUT2D eigenvalue weighted by Gasteiger charge is -2.11. The fraction of sp³-hybridized carbons (Fsp3) is 0.273. The number of nitrogens with zero attached hydrogens (tertiary/aromatic N) is 2. The number of benzene rings is 2. The van der Waals surface area contributed by atoms with Gasteiger partial charge >= 0.3 is 0 Å². The zero-order valence-corrected chi connectivity index (χ0v) is 18.3. The average molecular weight is 440 g/mol. The van der Waals surface area contributed by atoms with Crippen molar-refractivity contribution in [3.05, 3.63) is 58.9 Å². The normalized spacial score (nSPS) is 10.5. The first-order chi connectivity index (χ1) is 15.0. The van der Waals surface area contributed by atoms with Crippen molar-refractivity contribution in [2.24, 2.45) is 0 Å². The molecule has 31 heavy (non-hydrogen) atoms.